The fraction of sp³-hybridized carbons (Fsp3) is 0.273. The van der Waals surface area contributed by atoms with Gasteiger partial charge in [0, 0.05) is 18.3 Å². The van der Waals surface area contributed by atoms with Crippen LogP contribution >= 0.6 is 11.5 Å². The fourth-order valence-electron chi connectivity index (χ4n) is 1.08. The molecule has 0 unspecified atom stereocenters. The molecule has 0 spiro atoms. The molecule has 1 heterocycles. The van der Waals surface area contributed by atoms with Crippen molar-refractivity contribution in [1.82, 2.24) is 9.36 Å². The van der Waals surface area contributed by atoms with E-state index in [1.54, 1.807) is 5.51 Å². The minimum absolute atomic E-state index is 0.799. The van der Waals surface area contributed by atoms with Gasteiger partial charge in [-0.3, -0.25) is 0 Å². The molecule has 2 aromatic rings. The number of anilines is 1. The van der Waals surface area contributed by atoms with Crippen LogP contribution in [0.15, 0.2) is 29.8 Å². The maximum Gasteiger partial charge on any atom is 0.172 e. The van der Waals surface area contributed by atoms with Crippen LogP contribution in [-0.2, 0) is 0 Å². The third kappa shape index (κ3) is 3.02. The van der Waals surface area contributed by atoms with Crippen molar-refractivity contribution in [3.63, 3.8) is 0 Å². The highest BCUT2D eigenvalue weighted by Crippen LogP contribution is 2.17. The number of benzene rings is 1. The van der Waals surface area contributed by atoms with Crippen LogP contribution in [0.1, 0.15) is 13.8 Å². The lowest BCUT2D eigenvalue weighted by Gasteiger charge is -1.99. The molecule has 0 radical (unpaired) electrons. The van der Waals surface area contributed by atoms with Gasteiger partial charge in [0.1, 0.15) is 5.51 Å². The quantitative estimate of drug-likeness (QED) is 0.845. The Morgan fingerprint density at radius 3 is 2.27 bits per heavy atom. The predicted octanol–water partition coefficient (Wildman–Crippen LogP) is 3.27. The van der Waals surface area contributed by atoms with Crippen molar-refractivity contribution in [3.8, 4) is 11.4 Å². The highest BCUT2D eigenvalue weighted by molar-refractivity contribution is 7.03. The normalized spacial score (nSPS) is 9.00. The average Bonchev–Trinajstić information content (AvgIpc) is 2.85. The van der Waals surface area contributed by atoms with E-state index in [1.165, 1.54) is 11.5 Å². The van der Waals surface area contributed by atoms with E-state index in [4.69, 9.17) is 0 Å². The molecular weight excluding hydrogens is 206 g/mol. The van der Waals surface area contributed by atoms with E-state index in [9.17, 15) is 0 Å². The zero-order valence-electron chi connectivity index (χ0n) is 9.19. The first-order valence-electron chi connectivity index (χ1n) is 4.95. The summed E-state index contributed by atoms with van der Waals surface area (Å²) in [4.78, 5) is 4.13. The van der Waals surface area contributed by atoms with E-state index >= 15 is 0 Å². The Morgan fingerprint density at radius 2 is 1.80 bits per heavy atom. The maximum absolute atomic E-state index is 4.15. The molecular formula is C11H15N3S. The third-order valence-corrected chi connectivity index (χ3v) is 2.27. The first-order chi connectivity index (χ1) is 7.40. The van der Waals surface area contributed by atoms with Gasteiger partial charge in [-0.05, 0) is 35.8 Å². The van der Waals surface area contributed by atoms with Gasteiger partial charge in [-0.15, -0.1) is 0 Å². The van der Waals surface area contributed by atoms with Crippen LogP contribution in [0.3, 0.4) is 0 Å². The highest BCUT2D eigenvalue weighted by atomic mass is 32.1. The first kappa shape index (κ1) is 11.7. The van der Waals surface area contributed by atoms with Crippen LogP contribution in [0.4, 0.5) is 5.69 Å². The number of nitrogens with zero attached hydrogens (tertiary/aromatic N) is 2. The second-order valence-corrected chi connectivity index (χ2v) is 3.19. The summed E-state index contributed by atoms with van der Waals surface area (Å²) in [6, 6.07) is 8.04. The monoisotopic (exact) mass is 221 g/mol. The summed E-state index contributed by atoms with van der Waals surface area (Å²) in [5.74, 6) is 0.799. The maximum atomic E-state index is 4.15. The number of hydrogen-bond donors (Lipinski definition) is 1. The van der Waals surface area contributed by atoms with Crippen molar-refractivity contribution < 1.29 is 0 Å². The number of nitrogens with one attached hydrogen (secondary N) is 1. The molecule has 1 N–H and O–H groups in total. The number of rotatable bonds is 2. The fourth-order valence-corrected chi connectivity index (χ4v) is 1.53. The standard InChI is InChI=1S/C9H9N3S.C2H6/c1-10-8-4-2-7(3-5-8)9-11-6-13-12-9;1-2/h2-6,10H,1H3;1-2H3. The van der Waals surface area contributed by atoms with Gasteiger partial charge in [0.25, 0.3) is 0 Å². The van der Waals surface area contributed by atoms with Crippen LogP contribution in [0.25, 0.3) is 11.4 Å². The van der Waals surface area contributed by atoms with E-state index in [-0.39, 0.29) is 0 Å². The minimum atomic E-state index is 0.799. The van der Waals surface area contributed by atoms with Crippen molar-refractivity contribution in [1.29, 1.82) is 0 Å². The SMILES string of the molecule is CC.CNc1ccc(-c2ncsn2)cc1. The minimum Gasteiger partial charge on any atom is -0.388 e. The van der Waals surface area contributed by atoms with Gasteiger partial charge in [0.05, 0.1) is 0 Å². The Bertz CT molecular complexity index is 367. The summed E-state index contributed by atoms with van der Waals surface area (Å²) in [5.41, 5.74) is 3.89. The van der Waals surface area contributed by atoms with Crippen molar-refractivity contribution in [2.75, 3.05) is 12.4 Å². The van der Waals surface area contributed by atoms with E-state index in [0.717, 1.165) is 17.1 Å². The van der Waals surface area contributed by atoms with Crippen LogP contribution in [0, 0.1) is 0 Å². The summed E-state index contributed by atoms with van der Waals surface area (Å²) in [6.07, 6.45) is 0. The molecule has 4 heteroatoms. The van der Waals surface area contributed by atoms with Gasteiger partial charge in [0.2, 0.25) is 0 Å². The Labute approximate surface area is 94.4 Å². The molecule has 1 aromatic carbocycles. The molecule has 0 bridgehead atoms. The van der Waals surface area contributed by atoms with Crippen molar-refractivity contribution in [3.05, 3.63) is 29.8 Å². The number of aromatic nitrogens is 2. The van der Waals surface area contributed by atoms with Crippen molar-refractivity contribution >= 4 is 17.2 Å². The Morgan fingerprint density at radius 1 is 1.13 bits per heavy atom. The molecule has 2 rings (SSSR count). The average molecular weight is 221 g/mol. The molecule has 3 nitrogen and oxygen atoms in total. The Kier molecular flexibility index (Phi) is 4.77. The predicted molar refractivity (Wildman–Crippen MR) is 66.2 cm³/mol. The lowest BCUT2D eigenvalue weighted by molar-refractivity contribution is 1.32. The molecule has 0 aliphatic rings. The molecule has 0 fully saturated rings. The zero-order chi connectivity index (χ0) is 11.1. The van der Waals surface area contributed by atoms with Crippen molar-refractivity contribution in [2.24, 2.45) is 0 Å². The van der Waals surface area contributed by atoms with E-state index in [0.29, 0.717) is 0 Å². The van der Waals surface area contributed by atoms with Gasteiger partial charge >= 0.3 is 0 Å². The summed E-state index contributed by atoms with van der Waals surface area (Å²) in [5, 5.41) is 3.06. The van der Waals surface area contributed by atoms with Crippen LogP contribution in [-0.4, -0.2) is 16.4 Å². The zero-order valence-corrected chi connectivity index (χ0v) is 10.0. The lowest BCUT2D eigenvalue weighted by atomic mass is 10.2. The largest absolute Gasteiger partial charge is 0.388 e. The second-order valence-electron chi connectivity index (χ2n) is 2.58. The first-order valence-corrected chi connectivity index (χ1v) is 5.78. The molecule has 0 aliphatic carbocycles. The van der Waals surface area contributed by atoms with Gasteiger partial charge in [-0.2, -0.15) is 4.37 Å². The molecule has 15 heavy (non-hydrogen) atoms. The molecule has 0 aliphatic heterocycles. The lowest BCUT2D eigenvalue weighted by Crippen LogP contribution is -1.87. The van der Waals surface area contributed by atoms with E-state index in [1.807, 2.05) is 45.2 Å². The molecule has 80 valence electrons. The van der Waals surface area contributed by atoms with Crippen molar-refractivity contribution in [2.45, 2.75) is 13.8 Å². The Balaban J connectivity index is 0.000000531. The van der Waals surface area contributed by atoms with Gasteiger partial charge in [0.15, 0.2) is 5.82 Å². The van der Waals surface area contributed by atoms with Gasteiger partial charge < -0.3 is 5.32 Å². The third-order valence-electron chi connectivity index (χ3n) is 1.79. The molecule has 0 amide bonds. The van der Waals surface area contributed by atoms with Crippen LogP contribution < -0.4 is 5.32 Å². The van der Waals surface area contributed by atoms with Crippen LogP contribution in [0.2, 0.25) is 0 Å². The molecule has 1 aromatic heterocycles. The smallest absolute Gasteiger partial charge is 0.172 e. The molecule has 0 saturated heterocycles. The summed E-state index contributed by atoms with van der Waals surface area (Å²) >= 11 is 1.37. The number of hydrogen-bond acceptors (Lipinski definition) is 4. The Hall–Kier alpha value is -1.42. The molecule has 0 saturated carbocycles. The van der Waals surface area contributed by atoms with E-state index in [2.05, 4.69) is 14.7 Å². The summed E-state index contributed by atoms with van der Waals surface area (Å²) in [6.45, 7) is 4.00. The summed E-state index contributed by atoms with van der Waals surface area (Å²) < 4.78 is 4.15. The van der Waals surface area contributed by atoms with Gasteiger partial charge in [-0.25, -0.2) is 4.98 Å². The second kappa shape index (κ2) is 6.14. The molecule has 0 atom stereocenters. The summed E-state index contributed by atoms with van der Waals surface area (Å²) in [7, 11) is 1.90. The van der Waals surface area contributed by atoms with Gasteiger partial charge in [-0.1, -0.05) is 13.8 Å². The van der Waals surface area contributed by atoms with Crippen LogP contribution in [0.5, 0.6) is 0 Å². The van der Waals surface area contributed by atoms with E-state index < -0.39 is 0 Å². The topological polar surface area (TPSA) is 37.8 Å². The highest BCUT2D eigenvalue weighted by Gasteiger charge is 1.99.